The number of Topliss-reactive ketones (excluding diaryl/α,β-unsaturated/α-hetero) is 1. The predicted octanol–water partition coefficient (Wildman–Crippen LogP) is 1.16. The van der Waals surface area contributed by atoms with E-state index in [1.54, 1.807) is 7.05 Å². The summed E-state index contributed by atoms with van der Waals surface area (Å²) in [6.45, 7) is 1.84. The maximum absolute atomic E-state index is 11.6. The summed E-state index contributed by atoms with van der Waals surface area (Å²) in [5, 5.41) is 2.87. The molecule has 0 aliphatic carbocycles. The van der Waals surface area contributed by atoms with Crippen molar-refractivity contribution in [3.8, 4) is 0 Å². The van der Waals surface area contributed by atoms with Crippen molar-refractivity contribution in [3.63, 3.8) is 0 Å². The molecule has 2 rings (SSSR count). The minimum atomic E-state index is 0.145. The van der Waals surface area contributed by atoms with Gasteiger partial charge in [-0.1, -0.05) is 12.1 Å². The lowest BCUT2D eigenvalue weighted by Crippen LogP contribution is -2.19. The smallest absolute Gasteiger partial charge is 0.176 e. The molecule has 3 nitrogen and oxygen atoms in total. The van der Waals surface area contributed by atoms with Crippen molar-refractivity contribution in [2.24, 2.45) is 0 Å². The monoisotopic (exact) mass is 205 g/mol. The molecule has 0 fully saturated rings. The first-order chi connectivity index (χ1) is 7.31. The molecule has 1 aromatic carbocycles. The Morgan fingerprint density at radius 2 is 2.33 bits per heavy atom. The molecule has 0 radical (unpaired) electrons. The number of carbonyl (C=O) groups excluding carboxylic acids is 1. The van der Waals surface area contributed by atoms with Gasteiger partial charge in [0, 0.05) is 5.56 Å². The second-order valence-electron chi connectivity index (χ2n) is 3.74. The van der Waals surface area contributed by atoms with E-state index in [9.17, 15) is 4.79 Å². The lowest BCUT2D eigenvalue weighted by molar-refractivity contribution is 0.0990. The van der Waals surface area contributed by atoms with Crippen molar-refractivity contribution in [2.45, 2.75) is 13.0 Å². The first-order valence-electron chi connectivity index (χ1n) is 5.18. The van der Waals surface area contributed by atoms with Gasteiger partial charge in [0.1, 0.15) is 0 Å². The van der Waals surface area contributed by atoms with Crippen LogP contribution in [0.2, 0.25) is 0 Å². The maximum atomic E-state index is 11.6. The van der Waals surface area contributed by atoms with Crippen LogP contribution in [0.5, 0.6) is 0 Å². The first kappa shape index (κ1) is 10.3. The summed E-state index contributed by atoms with van der Waals surface area (Å²) < 4.78 is 5.35. The van der Waals surface area contributed by atoms with Crippen LogP contribution in [0.1, 0.15) is 21.5 Å². The second kappa shape index (κ2) is 4.55. The zero-order valence-corrected chi connectivity index (χ0v) is 8.88. The molecule has 0 unspecified atom stereocenters. The molecule has 0 aromatic heterocycles. The fraction of sp³-hybridized carbons (Fsp3) is 0.417. The summed E-state index contributed by atoms with van der Waals surface area (Å²) in [5.41, 5.74) is 3.26. The lowest BCUT2D eigenvalue weighted by Gasteiger charge is -2.16. The van der Waals surface area contributed by atoms with Gasteiger partial charge in [0.05, 0.1) is 19.8 Å². The summed E-state index contributed by atoms with van der Waals surface area (Å²) in [6, 6.07) is 5.88. The third-order valence-electron chi connectivity index (χ3n) is 2.64. The van der Waals surface area contributed by atoms with Crippen molar-refractivity contribution in [2.75, 3.05) is 20.2 Å². The number of benzene rings is 1. The second-order valence-corrected chi connectivity index (χ2v) is 3.74. The number of hydrogen-bond acceptors (Lipinski definition) is 3. The van der Waals surface area contributed by atoms with Crippen molar-refractivity contribution >= 4 is 5.78 Å². The normalized spacial score (nSPS) is 14.7. The number of likely N-dealkylation sites (N-methyl/N-ethyl adjacent to an activating group) is 1. The van der Waals surface area contributed by atoms with E-state index < -0.39 is 0 Å². The summed E-state index contributed by atoms with van der Waals surface area (Å²) >= 11 is 0. The average molecular weight is 205 g/mol. The van der Waals surface area contributed by atoms with Crippen molar-refractivity contribution in [1.29, 1.82) is 0 Å². The Morgan fingerprint density at radius 1 is 1.47 bits per heavy atom. The van der Waals surface area contributed by atoms with Crippen LogP contribution in [0.15, 0.2) is 18.2 Å². The Kier molecular flexibility index (Phi) is 3.14. The molecule has 1 aliphatic heterocycles. The average Bonchev–Trinajstić information content (AvgIpc) is 2.29. The molecular weight excluding hydrogens is 190 g/mol. The number of ketones is 1. The summed E-state index contributed by atoms with van der Waals surface area (Å²) in [4.78, 5) is 11.6. The van der Waals surface area contributed by atoms with Gasteiger partial charge in [-0.3, -0.25) is 4.79 Å². The highest BCUT2D eigenvalue weighted by Crippen LogP contribution is 2.18. The van der Waals surface area contributed by atoms with Gasteiger partial charge in [-0.2, -0.15) is 0 Å². The fourth-order valence-corrected chi connectivity index (χ4v) is 1.80. The minimum Gasteiger partial charge on any atom is -0.376 e. The number of rotatable bonds is 3. The van der Waals surface area contributed by atoms with Gasteiger partial charge in [-0.05, 0) is 30.7 Å². The maximum Gasteiger partial charge on any atom is 0.176 e. The van der Waals surface area contributed by atoms with E-state index in [1.807, 2.05) is 18.2 Å². The van der Waals surface area contributed by atoms with Gasteiger partial charge in [0.15, 0.2) is 5.78 Å². The Bertz CT molecular complexity index is 374. The number of carbonyl (C=O) groups is 1. The number of nitrogens with one attached hydrogen (secondary N) is 1. The summed E-state index contributed by atoms with van der Waals surface area (Å²) in [7, 11) is 1.78. The van der Waals surface area contributed by atoms with Crippen LogP contribution < -0.4 is 5.32 Å². The van der Waals surface area contributed by atoms with Gasteiger partial charge in [0.25, 0.3) is 0 Å². The molecule has 1 N–H and O–H groups in total. The first-order valence-corrected chi connectivity index (χ1v) is 5.18. The van der Waals surface area contributed by atoms with Crippen molar-refractivity contribution < 1.29 is 9.53 Å². The van der Waals surface area contributed by atoms with Gasteiger partial charge in [-0.25, -0.2) is 0 Å². The Morgan fingerprint density at radius 3 is 3.13 bits per heavy atom. The van der Waals surface area contributed by atoms with Crippen molar-refractivity contribution in [1.82, 2.24) is 5.32 Å². The summed E-state index contributed by atoms with van der Waals surface area (Å²) in [5.74, 6) is 0.145. The van der Waals surface area contributed by atoms with Crippen LogP contribution in [-0.4, -0.2) is 26.0 Å². The standard InChI is InChI=1S/C12H15NO2/c1-13-7-12(14)10-2-3-11-8-15-5-4-9(11)6-10/h2-3,6,13H,4-5,7-8H2,1H3. The lowest BCUT2D eigenvalue weighted by atomic mass is 9.98. The fourth-order valence-electron chi connectivity index (χ4n) is 1.80. The molecule has 80 valence electrons. The third kappa shape index (κ3) is 2.25. The molecule has 0 bridgehead atoms. The van der Waals surface area contributed by atoms with E-state index in [0.29, 0.717) is 13.2 Å². The van der Waals surface area contributed by atoms with Crippen LogP contribution in [0.3, 0.4) is 0 Å². The molecule has 0 saturated carbocycles. The van der Waals surface area contributed by atoms with Gasteiger partial charge in [-0.15, -0.1) is 0 Å². The number of fused-ring (bicyclic) bond motifs is 1. The van der Waals surface area contributed by atoms with Gasteiger partial charge < -0.3 is 10.1 Å². The highest BCUT2D eigenvalue weighted by Gasteiger charge is 2.12. The van der Waals surface area contributed by atoms with Gasteiger partial charge >= 0.3 is 0 Å². The summed E-state index contributed by atoms with van der Waals surface area (Å²) in [6.07, 6.45) is 0.913. The van der Waals surface area contributed by atoms with Crippen LogP contribution >= 0.6 is 0 Å². The molecule has 0 saturated heterocycles. The van der Waals surface area contributed by atoms with Gasteiger partial charge in [0.2, 0.25) is 0 Å². The zero-order chi connectivity index (χ0) is 10.7. The Labute approximate surface area is 89.4 Å². The topological polar surface area (TPSA) is 38.3 Å². The van der Waals surface area contributed by atoms with E-state index >= 15 is 0 Å². The zero-order valence-electron chi connectivity index (χ0n) is 8.88. The molecule has 0 spiro atoms. The number of ether oxygens (including phenoxy) is 1. The molecule has 3 heteroatoms. The molecule has 1 aromatic rings. The molecule has 1 aliphatic rings. The van der Waals surface area contributed by atoms with E-state index in [-0.39, 0.29) is 5.78 Å². The third-order valence-corrected chi connectivity index (χ3v) is 2.64. The highest BCUT2D eigenvalue weighted by atomic mass is 16.5. The quantitative estimate of drug-likeness (QED) is 0.752. The molecule has 0 amide bonds. The molecule has 1 heterocycles. The Hall–Kier alpha value is -1.19. The largest absolute Gasteiger partial charge is 0.376 e. The van der Waals surface area contributed by atoms with E-state index in [2.05, 4.69) is 5.32 Å². The molecular formula is C12H15NO2. The molecule has 15 heavy (non-hydrogen) atoms. The molecule has 0 atom stereocenters. The van der Waals surface area contributed by atoms with Crippen LogP contribution in [0.4, 0.5) is 0 Å². The SMILES string of the molecule is CNCC(=O)c1ccc2c(c1)CCOC2. The highest BCUT2D eigenvalue weighted by molar-refractivity contribution is 5.97. The van der Waals surface area contributed by atoms with Crippen molar-refractivity contribution in [3.05, 3.63) is 34.9 Å². The minimum absolute atomic E-state index is 0.145. The van der Waals surface area contributed by atoms with Crippen LogP contribution in [-0.2, 0) is 17.8 Å². The van der Waals surface area contributed by atoms with E-state index in [1.165, 1.54) is 11.1 Å². The van der Waals surface area contributed by atoms with E-state index in [0.717, 1.165) is 18.6 Å². The predicted molar refractivity (Wildman–Crippen MR) is 58.1 cm³/mol. The van der Waals surface area contributed by atoms with Crippen LogP contribution in [0, 0.1) is 0 Å². The Balaban J connectivity index is 2.24. The van der Waals surface area contributed by atoms with E-state index in [4.69, 9.17) is 4.74 Å². The van der Waals surface area contributed by atoms with Crippen LogP contribution in [0.25, 0.3) is 0 Å². The number of hydrogen-bond donors (Lipinski definition) is 1.